The maximum Gasteiger partial charge on any atom is 0.459 e. The molecule has 0 saturated carbocycles. The number of H-pyrrole nitrogens is 1. The highest BCUT2D eigenvalue weighted by atomic mass is 127. The number of aromatic nitrogens is 2. The third kappa shape index (κ3) is 24.9. The minimum absolute atomic E-state index is 0.0299. The molecule has 10 heterocycles. The van der Waals surface area contributed by atoms with Crippen LogP contribution in [0.25, 0.3) is 0 Å². The van der Waals surface area contributed by atoms with Gasteiger partial charge < -0.3 is 72.7 Å². The number of amides is 4. The molecule has 0 radical (unpaired) electrons. The molecule has 0 aliphatic carbocycles. The van der Waals surface area contributed by atoms with Crippen LogP contribution in [-0.4, -0.2) is 254 Å². The number of esters is 4. The van der Waals surface area contributed by atoms with Crippen LogP contribution in [-0.2, 0) is 94.9 Å². The lowest BCUT2D eigenvalue weighted by Crippen LogP contribution is -2.55. The van der Waals surface area contributed by atoms with Crippen LogP contribution in [0.1, 0.15) is 118 Å². The van der Waals surface area contributed by atoms with Crippen molar-refractivity contribution in [2.75, 3.05) is 22.1 Å². The van der Waals surface area contributed by atoms with Crippen molar-refractivity contribution < 1.29 is 161 Å². The number of carbonyl (C=O) groups excluding carboxylic acids is 12. The molecule has 5 saturated heterocycles. The molecular weight excluding hydrogens is 2190 g/mol. The number of nitrogens with zero attached hydrogens (tertiary/aromatic N) is 5. The van der Waals surface area contributed by atoms with Gasteiger partial charge in [0, 0.05) is 61.7 Å². The average molecular weight is 2290 g/mol. The molecule has 38 nitrogen and oxygen atoms in total. The van der Waals surface area contributed by atoms with Gasteiger partial charge in [0.2, 0.25) is 47.0 Å². The van der Waals surface area contributed by atoms with Crippen LogP contribution < -0.4 is 20.9 Å². The van der Waals surface area contributed by atoms with E-state index in [2.05, 4.69) is 66.6 Å². The predicted octanol–water partition coefficient (Wildman–Crippen LogP) is 10.0. The Morgan fingerprint density at radius 2 is 0.816 bits per heavy atom. The Kier molecular flexibility index (Phi) is 37.9. The van der Waals surface area contributed by atoms with Crippen LogP contribution in [0.5, 0.6) is 5.75 Å². The van der Waals surface area contributed by atoms with Crippen molar-refractivity contribution in [3.8, 4) is 5.75 Å². The first-order valence-corrected chi connectivity index (χ1v) is 49.4. The molecule has 0 spiro atoms. The van der Waals surface area contributed by atoms with Gasteiger partial charge in [0.15, 0.2) is 94.5 Å². The molecule has 9 aliphatic heterocycles. The van der Waals surface area contributed by atoms with Gasteiger partial charge >= 0.3 is 37.3 Å². The number of ketones is 4. The lowest BCUT2D eigenvalue weighted by molar-refractivity contribution is -0.204. The van der Waals surface area contributed by atoms with Crippen LogP contribution in [0.2, 0.25) is 0 Å². The summed E-state index contributed by atoms with van der Waals surface area (Å²) in [4.78, 5) is 176. The number of allylic oxidation sites excluding steroid dienone is 4. The van der Waals surface area contributed by atoms with E-state index in [1.807, 2.05) is 27.6 Å². The maximum atomic E-state index is 16.1. The maximum absolute atomic E-state index is 16.1. The van der Waals surface area contributed by atoms with E-state index in [9.17, 15) is 102 Å². The molecule has 5 fully saturated rings. The minimum atomic E-state index is -4.60. The number of halogens is 7. The molecule has 1 aromatic heterocycles. The van der Waals surface area contributed by atoms with Crippen LogP contribution in [0, 0.1) is 17.8 Å². The molecule has 14 rings (SSSR count). The number of benzene rings is 4. The summed E-state index contributed by atoms with van der Waals surface area (Å²) in [5, 5.41) is 54.4. The Hall–Kier alpha value is -12.8. The van der Waals surface area contributed by atoms with Crippen molar-refractivity contribution in [3.05, 3.63) is 312 Å². The predicted molar refractivity (Wildman–Crippen MR) is 524 cm³/mol. The number of carbonyl (C=O) groups is 12. The highest BCUT2D eigenvalue weighted by Crippen LogP contribution is 2.56. The van der Waals surface area contributed by atoms with Crippen molar-refractivity contribution in [1.29, 1.82) is 0 Å². The van der Waals surface area contributed by atoms with Gasteiger partial charge in [0.05, 0.1) is 75.1 Å². The highest BCUT2D eigenvalue weighted by Gasteiger charge is 2.72. The molecule has 0 bridgehead atoms. The van der Waals surface area contributed by atoms with Crippen molar-refractivity contribution in [1.82, 2.24) is 34.2 Å². The van der Waals surface area contributed by atoms with Gasteiger partial charge in [-0.3, -0.25) is 81.6 Å². The molecule has 5 aromatic rings. The Morgan fingerprint density at radius 1 is 0.490 bits per heavy atom. The van der Waals surface area contributed by atoms with E-state index in [-0.39, 0.29) is 62.1 Å². The second kappa shape index (κ2) is 48.0. The van der Waals surface area contributed by atoms with Gasteiger partial charge in [-0.05, 0) is 106 Å². The Labute approximate surface area is 864 Å². The van der Waals surface area contributed by atoms with E-state index in [1.165, 1.54) is 87.8 Å². The third-order valence-corrected chi connectivity index (χ3v) is 28.1. The zero-order chi connectivity index (χ0) is 109. The highest BCUT2D eigenvalue weighted by molar-refractivity contribution is 14.1. The second-order valence-electron chi connectivity index (χ2n) is 34.4. The van der Waals surface area contributed by atoms with E-state index < -0.39 is 235 Å². The molecular formula is C101H103F5I2N7O31P. The van der Waals surface area contributed by atoms with Gasteiger partial charge in [-0.15, -0.1) is 28.7 Å². The van der Waals surface area contributed by atoms with Crippen molar-refractivity contribution in [2.24, 2.45) is 17.8 Å². The number of ether oxygens (including phenoxy) is 9. The Morgan fingerprint density at radius 3 is 1.16 bits per heavy atom. The number of hydrogen-bond donors (Lipinski definition) is 7. The molecule has 22 atom stereocenters. The van der Waals surface area contributed by atoms with E-state index in [0.717, 1.165) is 68.6 Å². The van der Waals surface area contributed by atoms with Gasteiger partial charge in [0.1, 0.15) is 25.0 Å². The van der Waals surface area contributed by atoms with E-state index >= 15 is 17.6 Å². The summed E-state index contributed by atoms with van der Waals surface area (Å²) in [6, 6.07) is 31.7. The Bertz CT molecular complexity index is 6060. The first-order chi connectivity index (χ1) is 69.3. The fourth-order valence-electron chi connectivity index (χ4n) is 16.5. The minimum Gasteiger partial charge on any atom is -0.462 e. The van der Waals surface area contributed by atoms with Crippen LogP contribution in [0.3, 0.4) is 0 Å². The second-order valence-corrected chi connectivity index (χ2v) is 37.7. The Balaban J connectivity index is 0.000000190. The standard InChI is InChI=1S/C24H29FN3O10P.C22H22FNO5.C21H19FINO5.C21H20FNO6.C13H13FINO5/c1-5-12-23(33)20(31)24(25,37-21(23)28-13-11-18(29)26-22(28)32)14-35-39(34,38-17-9-7-6-8-10-17)27-16(4)19(30)36-15(2)3;1-4-12-21(28-19(27)16-9-7-6-8-10-16)15(3)22(23,5-2)29-20(21)24-13-11-17(25)14-18(24)26;1-3-10-20(28-18(27)15-7-5-4-6-8-15)14(2)21(22,13-23)29-19(20)24-11-9-16(25)12-17(24)26;1-3-10-20(28-18(27)15-7-5-4-6-8-15)14(2)21(22,13-24)29-19(20)23-11-9-16(25)12-17(23)26;1-2-4-12(20)10(19)13(14,7-15)21-11(12)16-5-3-8(17)6-9(16)18/h6-13,15-16,20-21,31,33H,1,14H2,2-4H3,(H,27,34)(H,26,29,32);6-13,15,20H,1,5,14H2,2-3H3;4-11,14,19H,1,12-13H2,2H3;4-11,14,19,24H,1,12-13H2,2H3;3-5,10-11,19-20H,1,6-7H2/t16?,20-,21+,23+,24+,39-;15-,20+,21+,22+;2*14-,19+,20+,21+;10-,11+,12+,13+/m00000/s1. The summed E-state index contributed by atoms with van der Waals surface area (Å²) in [6.07, 6.45) is 1.78. The molecule has 4 aromatic carbocycles. The summed E-state index contributed by atoms with van der Waals surface area (Å²) in [6.45, 7) is 25.4. The largest absolute Gasteiger partial charge is 0.462 e. The molecule has 147 heavy (non-hydrogen) atoms. The average Bonchev–Trinajstić information content (AvgIpc) is 1.57. The quantitative estimate of drug-likeness (QED) is 0.00342. The smallest absolute Gasteiger partial charge is 0.459 e. The number of rotatable bonds is 29. The fourth-order valence-corrected chi connectivity index (χ4v) is 19.4. The van der Waals surface area contributed by atoms with Crippen LogP contribution >= 0.6 is 52.9 Å². The lowest BCUT2D eigenvalue weighted by Gasteiger charge is -2.38. The molecule has 1 unspecified atom stereocenters. The zero-order valence-corrected chi connectivity index (χ0v) is 84.9. The lowest BCUT2D eigenvalue weighted by atomic mass is 9.83. The topological polar surface area (TPSA) is 504 Å². The van der Waals surface area contributed by atoms with Crippen LogP contribution in [0.15, 0.2) is 284 Å². The summed E-state index contributed by atoms with van der Waals surface area (Å²) < 4.78 is 151. The zero-order valence-electron chi connectivity index (χ0n) is 79.7. The first kappa shape index (κ1) is 116. The number of nitrogens with one attached hydrogen (secondary N) is 2. The molecule has 7 N–H and O–H groups in total. The number of aliphatic hydroxyl groups is 5. The van der Waals surface area contributed by atoms with E-state index in [4.69, 9.17) is 51.7 Å². The number of aliphatic hydroxyl groups excluding tert-OH is 3. The molecule has 782 valence electrons. The van der Waals surface area contributed by atoms with Crippen molar-refractivity contribution >= 4 is 124 Å². The SMILES string of the molecule is C=C=C[C@]1(O)[C@H](N2C=CC(=O)CC2=O)O[C@](F)(CI)[C@H]1O.C=C=C[C@]1(O)[C@H](n2ccc(=O)[nH]c2=O)O[C@](F)(CO[P@@](=O)(NC(C)C(=O)OC(C)C)Oc2ccccc2)[C@H]1O.C=C=C[C@]1(OC(=O)c2ccccc2)[C@H](N2C=CC(=O)CC2=O)O[C@](F)(CC)[C@H]1C.C=C=C[C@]1(OC(=O)c2ccccc2)[C@H](N2C=CC(=O)CC2=O)O[C@](F)(CI)[C@H]1C.C=C=C[C@]1(OC(=O)c2ccccc2)[C@H](N2C=CC(=O)CC2=O)O[C@](F)(CO)[C@H]1C. The summed E-state index contributed by atoms with van der Waals surface area (Å²) >= 11 is 3.49. The number of aromatic amines is 1. The third-order valence-electron chi connectivity index (χ3n) is 24.4. The van der Waals surface area contributed by atoms with Crippen molar-refractivity contribution in [2.45, 2.75) is 193 Å². The van der Waals surface area contributed by atoms with Gasteiger partial charge in [-0.25, -0.2) is 45.7 Å². The first-order valence-electron chi connectivity index (χ1n) is 44.8. The number of alkyl halides is 7. The monoisotopic (exact) mass is 2290 g/mol. The summed E-state index contributed by atoms with van der Waals surface area (Å²) in [5.41, 5.74) is 0.836. The van der Waals surface area contributed by atoms with Gasteiger partial charge in [0.25, 0.3) is 11.4 Å². The normalized spacial score (nSPS) is 31.4. The number of para-hydroxylation sites is 1. The summed E-state index contributed by atoms with van der Waals surface area (Å²) in [7, 11) is -4.60. The van der Waals surface area contributed by atoms with E-state index in [0.29, 0.717) is 4.57 Å². The summed E-state index contributed by atoms with van der Waals surface area (Å²) in [5.74, 6) is -23.0. The number of hydrogen-bond acceptors (Lipinski definition) is 31. The van der Waals surface area contributed by atoms with Gasteiger partial charge in [-0.1, -0.05) is 179 Å². The molecule has 4 amide bonds. The fraction of sp³-hybridized carbons (Fsp3) is 0.376. The van der Waals surface area contributed by atoms with Gasteiger partial charge in [-0.2, -0.15) is 5.09 Å². The van der Waals surface area contributed by atoms with Crippen LogP contribution in [0.4, 0.5) is 22.0 Å². The van der Waals surface area contributed by atoms with Crippen molar-refractivity contribution in [3.63, 3.8) is 0 Å². The molecule has 9 aliphatic rings. The molecule has 46 heteroatoms. The van der Waals surface area contributed by atoms with E-state index in [1.54, 1.807) is 147 Å².